The van der Waals surface area contributed by atoms with Crippen molar-refractivity contribution in [3.8, 4) is 11.5 Å². The molecule has 6 aromatic rings. The van der Waals surface area contributed by atoms with Crippen LogP contribution in [0, 0.1) is 62.3 Å². The van der Waals surface area contributed by atoms with Gasteiger partial charge in [-0.25, -0.2) is 0 Å². The van der Waals surface area contributed by atoms with Crippen LogP contribution in [-0.4, -0.2) is 14.2 Å². The second-order valence-electron chi connectivity index (χ2n) is 16.7. The summed E-state index contributed by atoms with van der Waals surface area (Å²) in [6, 6.07) is 41.3. The Balaban J connectivity index is 0.000000367. The van der Waals surface area contributed by atoms with Crippen molar-refractivity contribution in [1.82, 2.24) is 0 Å². The number of hydrogen-bond acceptors (Lipinski definition) is 2. The molecular weight excluding hydrogens is 762 g/mol. The fourth-order valence-electron chi connectivity index (χ4n) is 5.90. The molecule has 0 bridgehead atoms. The van der Waals surface area contributed by atoms with E-state index in [0.29, 0.717) is 0 Å². The maximum absolute atomic E-state index is 11.9. The number of rotatable bonds is 4. The van der Waals surface area contributed by atoms with Crippen LogP contribution in [0.15, 0.2) is 127 Å². The summed E-state index contributed by atoms with van der Waals surface area (Å²) in [5.74, 6) is 1.67. The van der Waals surface area contributed by atoms with Crippen LogP contribution in [0.4, 0.5) is 13.2 Å². The molecule has 6 rings (SSSR count). The molecule has 0 heterocycles. The van der Waals surface area contributed by atoms with Crippen LogP contribution < -0.4 is 9.47 Å². The number of benzene rings is 6. The highest BCUT2D eigenvalue weighted by molar-refractivity contribution is 5.37. The van der Waals surface area contributed by atoms with Crippen LogP contribution in [0.25, 0.3) is 0 Å². The van der Waals surface area contributed by atoms with Crippen molar-refractivity contribution in [3.63, 3.8) is 0 Å². The lowest BCUT2D eigenvalue weighted by molar-refractivity contribution is -0.137. The van der Waals surface area contributed by atoms with E-state index in [9.17, 15) is 13.2 Å². The molecule has 0 saturated heterocycles. The third-order valence-corrected chi connectivity index (χ3v) is 9.60. The number of methoxy groups -OCH3 is 2. The van der Waals surface area contributed by atoms with Crippen molar-refractivity contribution < 1.29 is 22.6 Å². The van der Waals surface area contributed by atoms with Crippen molar-refractivity contribution in [2.45, 2.75) is 121 Å². The van der Waals surface area contributed by atoms with Gasteiger partial charge in [0.15, 0.2) is 0 Å². The zero-order valence-corrected chi connectivity index (χ0v) is 40.0. The predicted octanol–water partition coefficient (Wildman–Crippen LogP) is 16.4. The van der Waals surface area contributed by atoms with E-state index in [-0.39, 0.29) is 5.41 Å². The fraction of sp³-hybridized carbons (Fsp3) is 0.357. The van der Waals surface area contributed by atoms with Crippen LogP contribution in [0.3, 0.4) is 0 Å². The molecule has 0 aromatic heterocycles. The molecule has 0 radical (unpaired) electrons. The van der Waals surface area contributed by atoms with E-state index in [1.54, 1.807) is 21.1 Å². The van der Waals surface area contributed by atoms with Crippen molar-refractivity contribution in [2.75, 3.05) is 14.2 Å². The summed E-state index contributed by atoms with van der Waals surface area (Å²) in [5.41, 5.74) is 15.5. The van der Waals surface area contributed by atoms with Crippen LogP contribution in [-0.2, 0) is 24.4 Å². The molecule has 330 valence electrons. The van der Waals surface area contributed by atoms with Gasteiger partial charge in [-0.1, -0.05) is 165 Å². The van der Waals surface area contributed by atoms with Crippen molar-refractivity contribution in [2.24, 2.45) is 0 Å². The van der Waals surface area contributed by atoms with E-state index < -0.39 is 11.7 Å². The predicted molar refractivity (Wildman–Crippen MR) is 257 cm³/mol. The van der Waals surface area contributed by atoms with E-state index in [4.69, 9.17) is 9.47 Å². The van der Waals surface area contributed by atoms with Gasteiger partial charge in [-0.15, -0.1) is 0 Å². The number of hydrogen-bond donors (Lipinski definition) is 0. The molecule has 0 aliphatic rings. The first kappa shape index (κ1) is 53.7. The monoisotopic (exact) mass is 835 g/mol. The smallest absolute Gasteiger partial charge is 0.416 e. The van der Waals surface area contributed by atoms with Crippen molar-refractivity contribution >= 4 is 0 Å². The lowest BCUT2D eigenvalue weighted by atomic mass is 9.86. The molecule has 0 aliphatic carbocycles. The van der Waals surface area contributed by atoms with Crippen LogP contribution in [0.5, 0.6) is 11.5 Å². The molecule has 0 atom stereocenters. The molecular formula is C56H73F3O2. The second kappa shape index (κ2) is 26.8. The SMILES string of the molecule is CCc1cc(C)cc(C)c1.CCc1cccc(C)c1.COc1cc(C)cc(OC)c1.Cc1ccc(C(F)(F)F)cc1.Cc1ccc(C)c(C)c1.Cc1cccc(C(C)(C)C)c1. The second-order valence-corrected chi connectivity index (χ2v) is 16.7. The normalized spacial score (nSPS) is 10.3. The standard InChI is InChI=1S/C11H16.C10H14.C9H12O2.2C9H12.C8H7F3/c1-9-6-5-7-10(8-9)11(2,3)4;1-4-10-6-8(2)5-9(3)7-10;1-7-4-8(10-2)6-9(5-7)11-3;1-7-4-5-8(2)9(3)6-7;1-3-9-6-4-5-8(2)7-9;1-6-2-4-7(5-3-6)8(9,10)11/h5-8H,1-4H3;5-7H,4H2,1-3H3;4-6H,1-3H3;4-6H,1-3H3;4-7H,3H2,1-2H3;2-5H,1H3. The van der Waals surface area contributed by atoms with E-state index in [0.717, 1.165) is 47.6 Å². The zero-order valence-electron chi connectivity index (χ0n) is 40.0. The van der Waals surface area contributed by atoms with Crippen molar-refractivity contribution in [1.29, 1.82) is 0 Å². The lowest BCUT2D eigenvalue weighted by Crippen LogP contribution is -2.10. The summed E-state index contributed by atoms with van der Waals surface area (Å²) in [4.78, 5) is 0. The Labute approximate surface area is 368 Å². The zero-order chi connectivity index (χ0) is 46.3. The molecule has 61 heavy (non-hydrogen) atoms. The Hall–Kier alpha value is -5.29. The summed E-state index contributed by atoms with van der Waals surface area (Å²) in [5, 5.41) is 0. The topological polar surface area (TPSA) is 18.5 Å². The van der Waals surface area contributed by atoms with E-state index >= 15 is 0 Å². The Bertz CT molecular complexity index is 2110. The van der Waals surface area contributed by atoms with E-state index in [2.05, 4.69) is 168 Å². The van der Waals surface area contributed by atoms with E-state index in [1.807, 2.05) is 25.1 Å². The van der Waals surface area contributed by atoms with Gasteiger partial charge in [0.25, 0.3) is 0 Å². The minimum atomic E-state index is -4.21. The van der Waals surface area contributed by atoms with Crippen LogP contribution >= 0.6 is 0 Å². The third-order valence-electron chi connectivity index (χ3n) is 9.60. The average Bonchev–Trinajstić information content (AvgIpc) is 3.19. The first-order chi connectivity index (χ1) is 28.5. The van der Waals surface area contributed by atoms with Gasteiger partial charge in [-0.2, -0.15) is 13.2 Å². The van der Waals surface area contributed by atoms with E-state index in [1.165, 1.54) is 67.8 Å². The third kappa shape index (κ3) is 22.8. The summed E-state index contributed by atoms with van der Waals surface area (Å²) in [6.45, 7) is 29.8. The minimum absolute atomic E-state index is 0.284. The Kier molecular flexibility index (Phi) is 23.6. The Morgan fingerprint density at radius 3 is 1.21 bits per heavy atom. The maximum atomic E-state index is 11.9. The summed E-state index contributed by atoms with van der Waals surface area (Å²) >= 11 is 0. The number of ether oxygens (including phenoxy) is 2. The molecule has 0 unspecified atom stereocenters. The van der Waals surface area contributed by atoms with Gasteiger partial charge in [0.2, 0.25) is 0 Å². The molecule has 5 heteroatoms. The van der Waals surface area contributed by atoms with Gasteiger partial charge in [-0.05, 0) is 138 Å². The number of halogens is 3. The number of alkyl halides is 3. The summed E-state index contributed by atoms with van der Waals surface area (Å²) in [7, 11) is 3.29. The molecule has 6 aromatic carbocycles. The van der Waals surface area contributed by atoms with Gasteiger partial charge >= 0.3 is 6.18 Å². The van der Waals surface area contributed by atoms with Gasteiger partial charge in [-0.3, -0.25) is 0 Å². The van der Waals surface area contributed by atoms with Gasteiger partial charge in [0, 0.05) is 6.07 Å². The Morgan fingerprint density at radius 1 is 0.393 bits per heavy atom. The fourth-order valence-corrected chi connectivity index (χ4v) is 5.90. The summed E-state index contributed by atoms with van der Waals surface area (Å²) < 4.78 is 45.9. The first-order valence-corrected chi connectivity index (χ1v) is 21.1. The summed E-state index contributed by atoms with van der Waals surface area (Å²) in [6.07, 6.45) is -1.93. The average molecular weight is 835 g/mol. The molecule has 0 aliphatic heterocycles. The molecule has 0 amide bonds. The van der Waals surface area contributed by atoms with Crippen LogP contribution in [0.1, 0.15) is 107 Å². The van der Waals surface area contributed by atoms with Gasteiger partial charge in [0.1, 0.15) is 11.5 Å². The number of aryl methyl sites for hydroxylation is 11. The largest absolute Gasteiger partial charge is 0.497 e. The maximum Gasteiger partial charge on any atom is 0.416 e. The highest BCUT2D eigenvalue weighted by atomic mass is 19.4. The van der Waals surface area contributed by atoms with Gasteiger partial charge < -0.3 is 9.47 Å². The highest BCUT2D eigenvalue weighted by Gasteiger charge is 2.29. The Morgan fingerprint density at radius 2 is 0.836 bits per heavy atom. The molecule has 0 spiro atoms. The van der Waals surface area contributed by atoms with Gasteiger partial charge in [0.05, 0.1) is 19.8 Å². The molecule has 2 nitrogen and oxygen atoms in total. The quantitative estimate of drug-likeness (QED) is 0.176. The molecule has 0 N–H and O–H groups in total. The van der Waals surface area contributed by atoms with Crippen LogP contribution in [0.2, 0.25) is 0 Å². The van der Waals surface area contributed by atoms with Crippen molar-refractivity contribution in [3.05, 3.63) is 200 Å². The lowest BCUT2D eigenvalue weighted by Gasteiger charge is -2.19. The highest BCUT2D eigenvalue weighted by Crippen LogP contribution is 2.29. The molecule has 0 fully saturated rings. The molecule has 0 saturated carbocycles. The minimum Gasteiger partial charge on any atom is -0.497 e. The first-order valence-electron chi connectivity index (χ1n) is 21.1.